The number of hydrogen-bond acceptors (Lipinski definition) is 2. The molecule has 0 aromatic rings. The van der Waals surface area contributed by atoms with Crippen LogP contribution >= 0.6 is 0 Å². The summed E-state index contributed by atoms with van der Waals surface area (Å²) < 4.78 is 10.2. The second-order valence-electron chi connectivity index (χ2n) is 3.42. The number of ether oxygens (including phenoxy) is 2. The lowest BCUT2D eigenvalue weighted by molar-refractivity contribution is -0.115. The van der Waals surface area contributed by atoms with Gasteiger partial charge in [-0.15, -0.1) is 0 Å². The van der Waals surface area contributed by atoms with E-state index in [1.54, 1.807) is 14.2 Å². The lowest BCUT2D eigenvalue weighted by atomic mass is 10.1. The Morgan fingerprint density at radius 3 is 2.10 bits per heavy atom. The Balaban J connectivity index is 2.21. The Morgan fingerprint density at radius 1 is 1.30 bits per heavy atom. The zero-order chi connectivity index (χ0) is 7.61. The maximum absolute atomic E-state index is 5.09. The summed E-state index contributed by atoms with van der Waals surface area (Å²) in [6, 6.07) is 0. The van der Waals surface area contributed by atoms with Crippen LogP contribution in [-0.2, 0) is 9.47 Å². The normalized spacial score (nSPS) is 21.6. The van der Waals surface area contributed by atoms with Gasteiger partial charge in [0.1, 0.15) is 0 Å². The molecule has 1 rings (SSSR count). The highest BCUT2D eigenvalue weighted by molar-refractivity contribution is 4.88. The van der Waals surface area contributed by atoms with Gasteiger partial charge in [0.25, 0.3) is 0 Å². The summed E-state index contributed by atoms with van der Waals surface area (Å²) >= 11 is 0. The lowest BCUT2D eigenvalue weighted by Crippen LogP contribution is -2.17. The van der Waals surface area contributed by atoms with Gasteiger partial charge in [-0.2, -0.15) is 0 Å². The van der Waals surface area contributed by atoms with Gasteiger partial charge in [-0.05, 0) is 18.3 Å². The molecule has 2 nitrogen and oxygen atoms in total. The fourth-order valence-corrected chi connectivity index (χ4v) is 1.08. The molecule has 0 aliphatic heterocycles. The molecule has 0 atom stereocenters. The second-order valence-corrected chi connectivity index (χ2v) is 3.42. The Hall–Kier alpha value is -0.0800. The van der Waals surface area contributed by atoms with Gasteiger partial charge in [-0.3, -0.25) is 0 Å². The first-order valence-corrected chi connectivity index (χ1v) is 3.76. The van der Waals surface area contributed by atoms with Gasteiger partial charge < -0.3 is 9.47 Å². The maximum Gasteiger partial charge on any atom is 0.157 e. The van der Waals surface area contributed by atoms with Crippen molar-refractivity contribution >= 4 is 0 Å². The van der Waals surface area contributed by atoms with Crippen molar-refractivity contribution in [2.24, 2.45) is 5.41 Å². The Bertz CT molecular complexity index is 104. The van der Waals surface area contributed by atoms with Crippen LogP contribution in [0, 0.1) is 5.41 Å². The molecule has 1 aliphatic carbocycles. The lowest BCUT2D eigenvalue weighted by Gasteiger charge is -2.16. The molecule has 0 spiro atoms. The number of methoxy groups -OCH3 is 2. The van der Waals surface area contributed by atoms with Crippen molar-refractivity contribution in [2.75, 3.05) is 14.2 Å². The van der Waals surface area contributed by atoms with Crippen molar-refractivity contribution in [3.8, 4) is 0 Å². The molecule has 0 saturated heterocycles. The predicted octanol–water partition coefficient (Wildman–Crippen LogP) is 1.80. The number of hydrogen-bond donors (Lipinski definition) is 0. The zero-order valence-corrected chi connectivity index (χ0v) is 7.02. The highest BCUT2D eigenvalue weighted by Gasteiger charge is 2.39. The minimum absolute atomic E-state index is 0.00694. The summed E-state index contributed by atoms with van der Waals surface area (Å²) in [6.45, 7) is 2.28. The molecule has 10 heavy (non-hydrogen) atoms. The standard InChI is InChI=1S/C8H16O2/c1-8(4-5-8)6-7(9-2)10-3/h7H,4-6H2,1-3H3. The molecule has 0 aromatic carbocycles. The molecule has 0 amide bonds. The first kappa shape index (κ1) is 8.02. The summed E-state index contributed by atoms with van der Waals surface area (Å²) in [6.07, 6.45) is 3.71. The molecule has 2 heteroatoms. The van der Waals surface area contributed by atoms with Crippen LogP contribution in [0.1, 0.15) is 26.2 Å². The van der Waals surface area contributed by atoms with E-state index in [2.05, 4.69) is 6.92 Å². The van der Waals surface area contributed by atoms with Crippen LogP contribution in [0.15, 0.2) is 0 Å². The van der Waals surface area contributed by atoms with Gasteiger partial charge in [0.15, 0.2) is 6.29 Å². The molecule has 1 saturated carbocycles. The van der Waals surface area contributed by atoms with E-state index in [1.165, 1.54) is 12.8 Å². The average Bonchev–Trinajstić information content (AvgIpc) is 2.64. The smallest absolute Gasteiger partial charge is 0.157 e. The van der Waals surface area contributed by atoms with Crippen LogP contribution in [0.3, 0.4) is 0 Å². The molecule has 0 bridgehead atoms. The Morgan fingerprint density at radius 2 is 1.80 bits per heavy atom. The van der Waals surface area contributed by atoms with Crippen LogP contribution in [0.2, 0.25) is 0 Å². The molecular formula is C8H16O2. The molecule has 0 radical (unpaired) electrons. The molecule has 1 aliphatic rings. The number of rotatable bonds is 4. The predicted molar refractivity (Wildman–Crippen MR) is 39.8 cm³/mol. The summed E-state index contributed by atoms with van der Waals surface area (Å²) in [5.41, 5.74) is 0.524. The SMILES string of the molecule is COC(CC1(C)CC1)OC. The molecule has 60 valence electrons. The van der Waals surface area contributed by atoms with E-state index >= 15 is 0 Å². The van der Waals surface area contributed by atoms with Gasteiger partial charge in [-0.25, -0.2) is 0 Å². The molecule has 0 heterocycles. The quantitative estimate of drug-likeness (QED) is 0.560. The Labute approximate surface area is 62.5 Å². The summed E-state index contributed by atoms with van der Waals surface area (Å²) in [4.78, 5) is 0. The second kappa shape index (κ2) is 2.89. The van der Waals surface area contributed by atoms with E-state index in [-0.39, 0.29) is 6.29 Å². The van der Waals surface area contributed by atoms with Crippen molar-refractivity contribution in [3.63, 3.8) is 0 Å². The van der Waals surface area contributed by atoms with Crippen LogP contribution < -0.4 is 0 Å². The van der Waals surface area contributed by atoms with Gasteiger partial charge in [0.2, 0.25) is 0 Å². The van der Waals surface area contributed by atoms with E-state index in [9.17, 15) is 0 Å². The first-order valence-electron chi connectivity index (χ1n) is 3.76. The van der Waals surface area contributed by atoms with E-state index in [0.717, 1.165) is 6.42 Å². The fourth-order valence-electron chi connectivity index (χ4n) is 1.08. The molecule has 1 fully saturated rings. The van der Waals surface area contributed by atoms with E-state index in [4.69, 9.17) is 9.47 Å². The highest BCUT2D eigenvalue weighted by Crippen LogP contribution is 2.49. The third kappa shape index (κ3) is 1.96. The Kier molecular flexibility index (Phi) is 2.32. The van der Waals surface area contributed by atoms with Crippen LogP contribution in [0.4, 0.5) is 0 Å². The minimum Gasteiger partial charge on any atom is -0.356 e. The van der Waals surface area contributed by atoms with E-state index < -0.39 is 0 Å². The minimum atomic E-state index is 0.00694. The molecule has 0 unspecified atom stereocenters. The van der Waals surface area contributed by atoms with Crippen molar-refractivity contribution < 1.29 is 9.47 Å². The van der Waals surface area contributed by atoms with Gasteiger partial charge in [0.05, 0.1) is 0 Å². The largest absolute Gasteiger partial charge is 0.356 e. The van der Waals surface area contributed by atoms with Gasteiger partial charge >= 0.3 is 0 Å². The van der Waals surface area contributed by atoms with Crippen LogP contribution in [0.25, 0.3) is 0 Å². The van der Waals surface area contributed by atoms with Crippen molar-refractivity contribution in [1.82, 2.24) is 0 Å². The van der Waals surface area contributed by atoms with Crippen molar-refractivity contribution in [1.29, 1.82) is 0 Å². The van der Waals surface area contributed by atoms with Crippen LogP contribution in [-0.4, -0.2) is 20.5 Å². The maximum atomic E-state index is 5.09. The summed E-state index contributed by atoms with van der Waals surface area (Å²) in [7, 11) is 3.39. The molecule has 0 aromatic heterocycles. The van der Waals surface area contributed by atoms with Crippen molar-refractivity contribution in [3.05, 3.63) is 0 Å². The summed E-state index contributed by atoms with van der Waals surface area (Å²) in [5, 5.41) is 0. The topological polar surface area (TPSA) is 18.5 Å². The average molecular weight is 144 g/mol. The van der Waals surface area contributed by atoms with Gasteiger partial charge in [-0.1, -0.05) is 6.92 Å². The molecular weight excluding hydrogens is 128 g/mol. The fraction of sp³-hybridized carbons (Fsp3) is 1.00. The zero-order valence-electron chi connectivity index (χ0n) is 7.02. The van der Waals surface area contributed by atoms with Gasteiger partial charge in [0, 0.05) is 20.6 Å². The molecule has 0 N–H and O–H groups in total. The van der Waals surface area contributed by atoms with Crippen molar-refractivity contribution in [2.45, 2.75) is 32.5 Å². The first-order chi connectivity index (χ1) is 4.70. The van der Waals surface area contributed by atoms with E-state index in [0.29, 0.717) is 5.41 Å². The third-order valence-electron chi connectivity index (χ3n) is 2.29. The monoisotopic (exact) mass is 144 g/mol. The highest BCUT2D eigenvalue weighted by atomic mass is 16.7. The third-order valence-corrected chi connectivity index (χ3v) is 2.29. The van der Waals surface area contributed by atoms with Crippen LogP contribution in [0.5, 0.6) is 0 Å². The van der Waals surface area contributed by atoms with E-state index in [1.807, 2.05) is 0 Å². The summed E-state index contributed by atoms with van der Waals surface area (Å²) in [5.74, 6) is 0.